The number of pyridine rings is 1. The second-order valence-electron chi connectivity index (χ2n) is 12.4. The summed E-state index contributed by atoms with van der Waals surface area (Å²) in [6.45, 7) is 19.8. The number of carbonyl (C=O) groups is 2. The highest BCUT2D eigenvalue weighted by Gasteiger charge is 2.43. The molecule has 3 rings (SSSR count). The third kappa shape index (κ3) is 7.32. The summed E-state index contributed by atoms with van der Waals surface area (Å²) in [5.41, 5.74) is -0.0397. The van der Waals surface area contributed by atoms with Crippen molar-refractivity contribution in [2.75, 3.05) is 44.9 Å². The van der Waals surface area contributed by atoms with E-state index in [9.17, 15) is 9.59 Å². The number of rotatable bonds is 14. The summed E-state index contributed by atoms with van der Waals surface area (Å²) < 4.78 is 23.4. The van der Waals surface area contributed by atoms with Gasteiger partial charge in [-0.2, -0.15) is 0 Å². The third-order valence-corrected chi connectivity index (χ3v) is 13.3. The Morgan fingerprint density at radius 2 is 1.72 bits per heavy atom. The van der Waals surface area contributed by atoms with Crippen LogP contribution in [0.1, 0.15) is 71.3 Å². The van der Waals surface area contributed by atoms with Crippen molar-refractivity contribution in [1.82, 2.24) is 10.3 Å². The van der Waals surface area contributed by atoms with E-state index in [0.717, 1.165) is 31.8 Å². The lowest BCUT2D eigenvalue weighted by Gasteiger charge is -2.40. The molecule has 0 radical (unpaired) electrons. The van der Waals surface area contributed by atoms with Crippen LogP contribution in [0.15, 0.2) is 12.1 Å². The number of aromatic nitrogens is 1. The fourth-order valence-corrected chi connectivity index (χ4v) is 5.51. The first-order chi connectivity index (χ1) is 18.3. The minimum absolute atomic E-state index is 0.167. The summed E-state index contributed by atoms with van der Waals surface area (Å²) in [5, 5.41) is 3.09. The van der Waals surface area contributed by atoms with E-state index >= 15 is 0 Å². The fraction of sp³-hybridized carbons (Fsp3) is 0.759. The molecular formula is C29H49N3O6Si. The van der Waals surface area contributed by atoms with Crippen molar-refractivity contribution >= 4 is 25.9 Å². The van der Waals surface area contributed by atoms with Gasteiger partial charge >= 0.3 is 5.97 Å². The number of hydrogen-bond donors (Lipinski definition) is 1. The summed E-state index contributed by atoms with van der Waals surface area (Å²) in [7, 11) is -0.0747. The standard InChI is InChI=1S/C29H49N3O6Si/c1-10-29(11-2,27(34)36-12-3)31-25(33)23-13-14-24(32-16-22(17-32)35-7)26(30-23)37-18-20-15-21(20)19-38-39(8,9)28(4,5)6/h13-14,20-22H,10-12,15-19H2,1-9H3,(H,31,33)/t20?,21-/m1/s1. The molecule has 1 aliphatic carbocycles. The Hall–Kier alpha value is -2.17. The number of hydrogen-bond acceptors (Lipinski definition) is 8. The van der Waals surface area contributed by atoms with Gasteiger partial charge in [-0.25, -0.2) is 9.78 Å². The van der Waals surface area contributed by atoms with Crippen LogP contribution in [0.25, 0.3) is 0 Å². The van der Waals surface area contributed by atoms with Crippen LogP contribution in [0.5, 0.6) is 5.88 Å². The second-order valence-corrected chi connectivity index (χ2v) is 17.2. The zero-order valence-electron chi connectivity index (χ0n) is 25.4. The Morgan fingerprint density at radius 1 is 1.08 bits per heavy atom. The maximum absolute atomic E-state index is 13.3. The number of ether oxygens (including phenoxy) is 3. The topological polar surface area (TPSA) is 99.2 Å². The van der Waals surface area contributed by atoms with E-state index in [0.29, 0.717) is 37.2 Å². The molecule has 39 heavy (non-hydrogen) atoms. The van der Waals surface area contributed by atoms with Gasteiger partial charge in [0.2, 0.25) is 5.88 Å². The summed E-state index contributed by atoms with van der Waals surface area (Å²) in [6.07, 6.45) is 2.07. The molecule has 1 aromatic rings. The lowest BCUT2D eigenvalue weighted by Crippen LogP contribution is -2.54. The molecule has 0 aromatic carbocycles. The zero-order valence-corrected chi connectivity index (χ0v) is 26.4. The smallest absolute Gasteiger partial charge is 0.331 e. The molecule has 2 heterocycles. The molecule has 1 aliphatic heterocycles. The van der Waals surface area contributed by atoms with Crippen LogP contribution in [0.3, 0.4) is 0 Å². The van der Waals surface area contributed by atoms with Crippen LogP contribution in [0, 0.1) is 11.8 Å². The Bertz CT molecular complexity index is 1000. The molecular weight excluding hydrogens is 514 g/mol. The van der Waals surface area contributed by atoms with Crippen molar-refractivity contribution in [2.24, 2.45) is 11.8 Å². The van der Waals surface area contributed by atoms with Gasteiger partial charge in [-0.3, -0.25) is 4.79 Å². The molecule has 0 bridgehead atoms. The van der Waals surface area contributed by atoms with E-state index in [2.05, 4.69) is 49.1 Å². The van der Waals surface area contributed by atoms with Crippen LogP contribution in [0.4, 0.5) is 5.69 Å². The first-order valence-corrected chi connectivity index (χ1v) is 17.3. The third-order valence-electron chi connectivity index (χ3n) is 8.79. The lowest BCUT2D eigenvalue weighted by atomic mass is 9.92. The molecule has 1 saturated heterocycles. The van der Waals surface area contributed by atoms with Gasteiger partial charge in [0.15, 0.2) is 8.32 Å². The monoisotopic (exact) mass is 563 g/mol. The van der Waals surface area contributed by atoms with Gasteiger partial charge < -0.3 is 28.9 Å². The Morgan fingerprint density at radius 3 is 2.28 bits per heavy atom. The van der Waals surface area contributed by atoms with Crippen molar-refractivity contribution in [3.8, 4) is 5.88 Å². The maximum Gasteiger partial charge on any atom is 0.331 e. The predicted octanol–water partition coefficient (Wildman–Crippen LogP) is 4.81. The van der Waals surface area contributed by atoms with Crippen molar-refractivity contribution in [3.05, 3.63) is 17.8 Å². The maximum atomic E-state index is 13.3. The molecule has 10 heteroatoms. The average Bonchev–Trinajstić information content (AvgIpc) is 3.62. The van der Waals surface area contributed by atoms with Crippen LogP contribution in [-0.4, -0.2) is 76.8 Å². The van der Waals surface area contributed by atoms with Crippen molar-refractivity contribution in [1.29, 1.82) is 0 Å². The summed E-state index contributed by atoms with van der Waals surface area (Å²) in [6, 6.07) is 3.56. The largest absolute Gasteiger partial charge is 0.476 e. The number of anilines is 1. The molecule has 220 valence electrons. The van der Waals surface area contributed by atoms with Crippen molar-refractivity contribution < 1.29 is 28.2 Å². The Balaban J connectivity index is 1.71. The number of carbonyl (C=O) groups excluding carboxylic acids is 2. The van der Waals surface area contributed by atoms with Crippen LogP contribution in [0.2, 0.25) is 18.1 Å². The number of amides is 1. The lowest BCUT2D eigenvalue weighted by molar-refractivity contribution is -0.151. The highest BCUT2D eigenvalue weighted by atomic mass is 28.4. The van der Waals surface area contributed by atoms with Crippen LogP contribution >= 0.6 is 0 Å². The van der Waals surface area contributed by atoms with Gasteiger partial charge in [-0.15, -0.1) is 0 Å². The fourth-order valence-electron chi connectivity index (χ4n) is 4.44. The van der Waals surface area contributed by atoms with Gasteiger partial charge in [-0.1, -0.05) is 34.6 Å². The molecule has 1 unspecified atom stereocenters. The van der Waals surface area contributed by atoms with E-state index in [1.807, 2.05) is 19.9 Å². The highest BCUT2D eigenvalue weighted by molar-refractivity contribution is 6.74. The van der Waals surface area contributed by atoms with Gasteiger partial charge in [-0.05, 0) is 68.3 Å². The average molecular weight is 564 g/mol. The van der Waals surface area contributed by atoms with E-state index in [4.69, 9.17) is 18.6 Å². The molecule has 2 aliphatic rings. The first-order valence-electron chi connectivity index (χ1n) is 14.4. The van der Waals surface area contributed by atoms with Crippen LogP contribution in [-0.2, 0) is 18.7 Å². The molecule has 9 nitrogen and oxygen atoms in total. The minimum atomic E-state index is -1.78. The molecule has 1 saturated carbocycles. The van der Waals surface area contributed by atoms with Gasteiger partial charge in [0.25, 0.3) is 5.91 Å². The van der Waals surface area contributed by atoms with Crippen molar-refractivity contribution in [2.45, 2.75) is 90.6 Å². The highest BCUT2D eigenvalue weighted by Crippen LogP contribution is 2.43. The summed E-state index contributed by atoms with van der Waals surface area (Å²) >= 11 is 0. The SMILES string of the molecule is CCOC(=O)C(CC)(CC)NC(=O)c1ccc(N2CC(OC)C2)c(OCC2C[C@@H]2CO[Si](C)(C)C(C)(C)C)n1. The number of esters is 1. The summed E-state index contributed by atoms with van der Waals surface area (Å²) in [4.78, 5) is 32.7. The van der Waals surface area contributed by atoms with Crippen LogP contribution < -0.4 is 15.0 Å². The molecule has 1 amide bonds. The Kier molecular flexibility index (Phi) is 10.1. The molecule has 2 atom stereocenters. The van der Waals surface area contributed by atoms with E-state index in [1.54, 1.807) is 20.1 Å². The predicted molar refractivity (Wildman–Crippen MR) is 155 cm³/mol. The summed E-state index contributed by atoms with van der Waals surface area (Å²) in [5.74, 6) is 0.468. The van der Waals surface area contributed by atoms with E-state index in [-0.39, 0.29) is 23.4 Å². The quantitative estimate of drug-likeness (QED) is 0.254. The van der Waals surface area contributed by atoms with E-state index < -0.39 is 25.7 Å². The number of nitrogens with one attached hydrogen (secondary N) is 1. The normalized spacial score (nSPS) is 19.9. The number of nitrogens with zero attached hydrogens (tertiary/aromatic N) is 2. The second kappa shape index (κ2) is 12.6. The first kappa shape index (κ1) is 31.4. The number of methoxy groups -OCH3 is 1. The zero-order chi connectivity index (χ0) is 29.0. The Labute approximate surface area is 235 Å². The van der Waals surface area contributed by atoms with Gasteiger partial charge in [0.05, 0.1) is 19.3 Å². The van der Waals surface area contributed by atoms with Crippen molar-refractivity contribution in [3.63, 3.8) is 0 Å². The molecule has 0 spiro atoms. The van der Waals surface area contributed by atoms with Gasteiger partial charge in [0, 0.05) is 26.8 Å². The molecule has 1 N–H and O–H groups in total. The van der Waals surface area contributed by atoms with E-state index in [1.165, 1.54) is 0 Å². The minimum Gasteiger partial charge on any atom is -0.476 e. The molecule has 2 fully saturated rings. The van der Waals surface area contributed by atoms with Gasteiger partial charge in [0.1, 0.15) is 16.9 Å². The molecule has 1 aromatic heterocycles.